The molecular weight excluding hydrogens is 334 g/mol. The average molecular weight is 347 g/mol. The summed E-state index contributed by atoms with van der Waals surface area (Å²) in [5.41, 5.74) is 0.817. The van der Waals surface area contributed by atoms with Crippen LogP contribution in [-0.4, -0.2) is 15.2 Å². The number of hydrogen-bond acceptors (Lipinski definition) is 5. The van der Waals surface area contributed by atoms with Crippen molar-refractivity contribution in [3.05, 3.63) is 53.4 Å². The summed E-state index contributed by atoms with van der Waals surface area (Å²) in [5.74, 6) is 1.32. The van der Waals surface area contributed by atoms with Gasteiger partial charge in [-0.2, -0.15) is 0 Å². The molecule has 0 fully saturated rings. The second-order valence-corrected chi connectivity index (χ2v) is 7.75. The van der Waals surface area contributed by atoms with Gasteiger partial charge in [-0.15, -0.1) is 11.3 Å². The van der Waals surface area contributed by atoms with Crippen LogP contribution >= 0.6 is 11.3 Å². The van der Waals surface area contributed by atoms with Crippen LogP contribution < -0.4 is 14.2 Å². The summed E-state index contributed by atoms with van der Waals surface area (Å²) in [6.07, 6.45) is 0. The minimum absolute atomic E-state index is 0.198. The highest BCUT2D eigenvalue weighted by Crippen LogP contribution is 2.33. The van der Waals surface area contributed by atoms with Gasteiger partial charge in [0.1, 0.15) is 4.90 Å². The van der Waals surface area contributed by atoms with Crippen LogP contribution in [0.1, 0.15) is 5.56 Å². The van der Waals surface area contributed by atoms with Crippen LogP contribution in [0.5, 0.6) is 11.5 Å². The molecule has 2 aromatic carbocycles. The first-order valence-electron chi connectivity index (χ1n) is 6.98. The second kappa shape index (κ2) is 5.52. The molecule has 2 heterocycles. The Hall–Kier alpha value is -2.09. The molecule has 0 aliphatic carbocycles. The molecule has 1 N–H and O–H groups in total. The summed E-state index contributed by atoms with van der Waals surface area (Å²) in [6.45, 7) is 0.397. The number of hydrogen-bond donors (Lipinski definition) is 1. The SMILES string of the molecule is O=S(=O)(NCc1ccc2c(c1)OCO2)c1csc2ccccc12. The minimum atomic E-state index is -3.57. The van der Waals surface area contributed by atoms with Gasteiger partial charge in [-0.25, -0.2) is 13.1 Å². The first kappa shape index (κ1) is 14.5. The normalized spacial score (nSPS) is 13.6. The van der Waals surface area contributed by atoms with Gasteiger partial charge in [0.15, 0.2) is 11.5 Å². The lowest BCUT2D eigenvalue weighted by atomic mass is 10.2. The molecule has 0 radical (unpaired) electrons. The molecule has 0 bridgehead atoms. The van der Waals surface area contributed by atoms with Gasteiger partial charge in [0.05, 0.1) is 0 Å². The highest BCUT2D eigenvalue weighted by atomic mass is 32.2. The molecule has 0 saturated carbocycles. The molecule has 0 atom stereocenters. The van der Waals surface area contributed by atoms with Crippen molar-refractivity contribution in [3.63, 3.8) is 0 Å². The van der Waals surface area contributed by atoms with E-state index in [1.165, 1.54) is 11.3 Å². The molecule has 23 heavy (non-hydrogen) atoms. The molecule has 7 heteroatoms. The first-order chi connectivity index (χ1) is 11.1. The van der Waals surface area contributed by atoms with Crippen molar-refractivity contribution >= 4 is 31.4 Å². The molecular formula is C16H13NO4S2. The minimum Gasteiger partial charge on any atom is -0.454 e. The topological polar surface area (TPSA) is 64.6 Å². The third-order valence-corrected chi connectivity index (χ3v) is 6.19. The van der Waals surface area contributed by atoms with Gasteiger partial charge in [0.25, 0.3) is 0 Å². The van der Waals surface area contributed by atoms with E-state index in [1.54, 1.807) is 17.5 Å². The number of sulfonamides is 1. The van der Waals surface area contributed by atoms with E-state index in [9.17, 15) is 8.42 Å². The lowest BCUT2D eigenvalue weighted by Gasteiger charge is -2.07. The maximum absolute atomic E-state index is 12.6. The highest BCUT2D eigenvalue weighted by Gasteiger charge is 2.19. The van der Waals surface area contributed by atoms with Gasteiger partial charge < -0.3 is 9.47 Å². The largest absolute Gasteiger partial charge is 0.454 e. The van der Waals surface area contributed by atoms with Crippen molar-refractivity contribution < 1.29 is 17.9 Å². The maximum Gasteiger partial charge on any atom is 0.242 e. The van der Waals surface area contributed by atoms with E-state index in [-0.39, 0.29) is 13.3 Å². The zero-order chi connectivity index (χ0) is 15.9. The highest BCUT2D eigenvalue weighted by molar-refractivity contribution is 7.89. The van der Waals surface area contributed by atoms with E-state index in [0.29, 0.717) is 16.4 Å². The van der Waals surface area contributed by atoms with Gasteiger partial charge in [-0.05, 0) is 23.8 Å². The number of rotatable bonds is 4. The molecule has 0 amide bonds. The fourth-order valence-corrected chi connectivity index (χ4v) is 4.99. The molecule has 4 rings (SSSR count). The lowest BCUT2D eigenvalue weighted by Crippen LogP contribution is -2.22. The summed E-state index contributed by atoms with van der Waals surface area (Å²) < 4.78 is 39.3. The van der Waals surface area contributed by atoms with E-state index in [4.69, 9.17) is 9.47 Å². The zero-order valence-corrected chi connectivity index (χ0v) is 13.6. The van der Waals surface area contributed by atoms with Gasteiger partial charge in [-0.3, -0.25) is 0 Å². The number of benzene rings is 2. The summed E-state index contributed by atoms with van der Waals surface area (Å²) in [6, 6.07) is 12.9. The van der Waals surface area contributed by atoms with Crippen LogP contribution in [0.2, 0.25) is 0 Å². The predicted octanol–water partition coefficient (Wildman–Crippen LogP) is 3.11. The monoisotopic (exact) mass is 347 g/mol. The standard InChI is InChI=1S/C16H13NO4S2/c18-23(19,16-9-22-15-4-2-1-3-12(15)16)17-8-11-5-6-13-14(7-11)21-10-20-13/h1-7,9,17H,8,10H2. The Bertz CT molecular complexity index is 979. The van der Waals surface area contributed by atoms with Gasteiger partial charge in [0.2, 0.25) is 16.8 Å². The molecule has 1 aliphatic heterocycles. The average Bonchev–Trinajstić information content (AvgIpc) is 3.19. The zero-order valence-electron chi connectivity index (χ0n) is 12.0. The van der Waals surface area contributed by atoms with Crippen molar-refractivity contribution in [2.45, 2.75) is 11.4 Å². The fraction of sp³-hybridized carbons (Fsp3) is 0.125. The van der Waals surface area contributed by atoms with Gasteiger partial charge in [-0.1, -0.05) is 24.3 Å². The summed E-state index contributed by atoms with van der Waals surface area (Å²) in [4.78, 5) is 0.318. The quantitative estimate of drug-likeness (QED) is 0.788. The Labute approximate surface area is 137 Å². The second-order valence-electron chi connectivity index (χ2n) is 5.11. The van der Waals surface area contributed by atoms with E-state index in [0.717, 1.165) is 15.6 Å². The molecule has 3 aromatic rings. The Kier molecular flexibility index (Phi) is 3.48. The molecule has 5 nitrogen and oxygen atoms in total. The van der Waals surface area contributed by atoms with E-state index in [1.807, 2.05) is 30.3 Å². The summed E-state index contributed by atoms with van der Waals surface area (Å²) in [7, 11) is -3.57. The predicted molar refractivity (Wildman–Crippen MR) is 88.4 cm³/mol. The fourth-order valence-electron chi connectivity index (χ4n) is 2.47. The Morgan fingerprint density at radius 3 is 2.83 bits per heavy atom. The van der Waals surface area contributed by atoms with Crippen LogP contribution in [0.4, 0.5) is 0 Å². The van der Waals surface area contributed by atoms with Crippen LogP contribution in [0, 0.1) is 0 Å². The van der Waals surface area contributed by atoms with Crippen molar-refractivity contribution in [2.24, 2.45) is 0 Å². The Balaban J connectivity index is 1.58. The number of fused-ring (bicyclic) bond motifs is 2. The van der Waals surface area contributed by atoms with Crippen molar-refractivity contribution in [2.75, 3.05) is 6.79 Å². The molecule has 1 aromatic heterocycles. The third-order valence-electron chi connectivity index (χ3n) is 3.64. The van der Waals surface area contributed by atoms with Crippen LogP contribution in [0.15, 0.2) is 52.7 Å². The molecule has 0 unspecified atom stereocenters. The van der Waals surface area contributed by atoms with Crippen LogP contribution in [0.3, 0.4) is 0 Å². The third kappa shape index (κ3) is 2.67. The lowest BCUT2D eigenvalue weighted by molar-refractivity contribution is 0.174. The molecule has 118 valence electrons. The number of ether oxygens (including phenoxy) is 2. The number of nitrogens with one attached hydrogen (secondary N) is 1. The number of thiophene rings is 1. The van der Waals surface area contributed by atoms with E-state index in [2.05, 4.69) is 4.72 Å². The Morgan fingerprint density at radius 2 is 1.91 bits per heavy atom. The van der Waals surface area contributed by atoms with Crippen molar-refractivity contribution in [1.29, 1.82) is 0 Å². The molecule has 1 aliphatic rings. The van der Waals surface area contributed by atoms with Gasteiger partial charge in [0, 0.05) is 22.0 Å². The van der Waals surface area contributed by atoms with E-state index >= 15 is 0 Å². The van der Waals surface area contributed by atoms with Crippen LogP contribution in [0.25, 0.3) is 10.1 Å². The van der Waals surface area contributed by atoms with Crippen LogP contribution in [-0.2, 0) is 16.6 Å². The van der Waals surface area contributed by atoms with Gasteiger partial charge >= 0.3 is 0 Å². The van der Waals surface area contributed by atoms with E-state index < -0.39 is 10.0 Å². The van der Waals surface area contributed by atoms with Crippen molar-refractivity contribution in [3.8, 4) is 11.5 Å². The van der Waals surface area contributed by atoms with Crippen molar-refractivity contribution in [1.82, 2.24) is 4.72 Å². The Morgan fingerprint density at radius 1 is 1.09 bits per heavy atom. The summed E-state index contributed by atoms with van der Waals surface area (Å²) >= 11 is 1.42. The smallest absolute Gasteiger partial charge is 0.242 e. The molecule has 0 saturated heterocycles. The summed E-state index contributed by atoms with van der Waals surface area (Å²) in [5, 5.41) is 2.42. The first-order valence-corrected chi connectivity index (χ1v) is 9.34. The molecule has 0 spiro atoms. The maximum atomic E-state index is 12.6.